The Bertz CT molecular complexity index is 59.4. The summed E-state index contributed by atoms with van der Waals surface area (Å²) in [5.41, 5.74) is 0. The van der Waals surface area contributed by atoms with Crippen molar-refractivity contribution < 1.29 is 5.48 Å². The van der Waals surface area contributed by atoms with Crippen molar-refractivity contribution >= 4 is 0 Å². The normalized spacial score (nSPS) is 23.2. The van der Waals surface area contributed by atoms with Crippen LogP contribution >= 0.6 is 0 Å². The minimum Gasteiger partial charge on any atom is -0.412 e. The van der Waals surface area contributed by atoms with Gasteiger partial charge in [0.1, 0.15) is 0 Å². The summed E-state index contributed by atoms with van der Waals surface area (Å²) in [5.74, 6) is 0. The molecule has 50 valence electrons. The van der Waals surface area contributed by atoms with E-state index in [1.807, 2.05) is 0 Å². The van der Waals surface area contributed by atoms with E-state index in [4.69, 9.17) is 0 Å². The predicted molar refractivity (Wildman–Crippen MR) is 33.7 cm³/mol. The molecule has 3 heteroatoms. The van der Waals surface area contributed by atoms with Crippen molar-refractivity contribution in [3.63, 3.8) is 0 Å². The summed E-state index contributed by atoms with van der Waals surface area (Å²) in [7, 11) is 4.28. The average Bonchev–Trinajstić information content (AvgIpc) is 1.87. The van der Waals surface area contributed by atoms with E-state index in [2.05, 4.69) is 23.9 Å². The summed E-state index contributed by atoms with van der Waals surface area (Å²) in [4.78, 5) is 4.61. The smallest absolute Gasteiger partial charge is 0.0501 e. The third kappa shape index (κ3) is 1.78. The minimum absolute atomic E-state index is 0. The Balaban J connectivity index is 0.000000490. The summed E-state index contributed by atoms with van der Waals surface area (Å²) in [6.45, 7) is 3.60. The van der Waals surface area contributed by atoms with Gasteiger partial charge in [0.25, 0.3) is 0 Å². The molecule has 0 spiro atoms. The first kappa shape index (κ1) is 7.88. The van der Waals surface area contributed by atoms with Crippen LogP contribution in [0.1, 0.15) is 0 Å². The molecule has 0 aromatic heterocycles. The fraction of sp³-hybridized carbons (Fsp3) is 1.00. The maximum Gasteiger partial charge on any atom is 0.0501 e. The van der Waals surface area contributed by atoms with E-state index in [-0.39, 0.29) is 5.48 Å². The summed E-state index contributed by atoms with van der Waals surface area (Å²) in [6, 6.07) is 0. The molecule has 0 atom stereocenters. The molecule has 0 aromatic rings. The van der Waals surface area contributed by atoms with Crippen LogP contribution in [0.2, 0.25) is 0 Å². The Morgan fingerprint density at radius 2 is 1.38 bits per heavy atom. The lowest BCUT2D eigenvalue weighted by molar-refractivity contribution is 0.318. The molecule has 0 aliphatic carbocycles. The molecule has 0 radical (unpaired) electrons. The maximum absolute atomic E-state index is 2.31. The Labute approximate surface area is 50.2 Å². The molecule has 0 aromatic carbocycles. The molecule has 1 aliphatic heterocycles. The Morgan fingerprint density at radius 1 is 1.00 bits per heavy atom. The van der Waals surface area contributed by atoms with Crippen LogP contribution in [0.4, 0.5) is 0 Å². The molecule has 8 heavy (non-hydrogen) atoms. The third-order valence-corrected chi connectivity index (χ3v) is 1.35. The molecule has 1 saturated heterocycles. The number of nitrogens with zero attached hydrogens (tertiary/aromatic N) is 2. The number of hydrogen-bond acceptors (Lipinski definition) is 2. The van der Waals surface area contributed by atoms with E-state index in [9.17, 15) is 0 Å². The van der Waals surface area contributed by atoms with Gasteiger partial charge in [0.05, 0.1) is 6.67 Å². The quantitative estimate of drug-likeness (QED) is 0.409. The van der Waals surface area contributed by atoms with Gasteiger partial charge in [-0.2, -0.15) is 0 Å². The first-order chi connectivity index (χ1) is 3.29. The van der Waals surface area contributed by atoms with Crippen molar-refractivity contribution in [1.29, 1.82) is 0 Å². The summed E-state index contributed by atoms with van der Waals surface area (Å²) in [5, 5.41) is 0. The van der Waals surface area contributed by atoms with Gasteiger partial charge in [0.2, 0.25) is 0 Å². The molecule has 1 fully saturated rings. The minimum atomic E-state index is 0. The zero-order chi connectivity index (χ0) is 5.28. The van der Waals surface area contributed by atoms with Gasteiger partial charge in [-0.15, -0.1) is 0 Å². The van der Waals surface area contributed by atoms with E-state index in [1.165, 1.54) is 13.1 Å². The summed E-state index contributed by atoms with van der Waals surface area (Å²) >= 11 is 0. The summed E-state index contributed by atoms with van der Waals surface area (Å²) < 4.78 is 0. The van der Waals surface area contributed by atoms with E-state index in [0.29, 0.717) is 0 Å². The van der Waals surface area contributed by atoms with E-state index in [1.54, 1.807) is 0 Å². The van der Waals surface area contributed by atoms with Gasteiger partial charge in [0, 0.05) is 13.1 Å². The van der Waals surface area contributed by atoms with Crippen molar-refractivity contribution in [2.45, 2.75) is 0 Å². The fourth-order valence-electron chi connectivity index (χ4n) is 0.895. The van der Waals surface area contributed by atoms with Crippen LogP contribution in [0.25, 0.3) is 0 Å². The number of likely N-dealkylation sites (N-methyl/N-ethyl adjacent to an activating group) is 2. The van der Waals surface area contributed by atoms with Crippen molar-refractivity contribution in [2.75, 3.05) is 33.9 Å². The maximum atomic E-state index is 2.31. The molecule has 1 rings (SSSR count). The third-order valence-electron chi connectivity index (χ3n) is 1.35. The zero-order valence-electron chi connectivity index (χ0n) is 5.52. The lowest BCUT2D eigenvalue weighted by Gasteiger charge is -2.06. The van der Waals surface area contributed by atoms with Crippen LogP contribution < -0.4 is 0 Å². The molecule has 0 bridgehead atoms. The molecule has 1 heterocycles. The highest BCUT2D eigenvalue weighted by Gasteiger charge is 2.09. The standard InChI is InChI=1S/C5H12N2.H2O/c1-6-3-4-7(2)5-6;/h3-5H2,1-2H3;1H2. The largest absolute Gasteiger partial charge is 0.412 e. The van der Waals surface area contributed by atoms with Crippen LogP contribution in [0.3, 0.4) is 0 Å². The molecule has 0 unspecified atom stereocenters. The van der Waals surface area contributed by atoms with Gasteiger partial charge in [-0.05, 0) is 14.1 Å². The van der Waals surface area contributed by atoms with E-state index in [0.717, 1.165) is 6.67 Å². The molecular formula is C5H14N2O. The molecule has 0 saturated carbocycles. The highest BCUT2D eigenvalue weighted by atomic mass is 16.0. The lowest BCUT2D eigenvalue weighted by Crippen LogP contribution is -2.17. The van der Waals surface area contributed by atoms with Crippen LogP contribution in [-0.2, 0) is 0 Å². The molecule has 3 nitrogen and oxygen atoms in total. The second-order valence-electron chi connectivity index (χ2n) is 2.30. The van der Waals surface area contributed by atoms with Gasteiger partial charge in [-0.25, -0.2) is 0 Å². The Kier molecular flexibility index (Phi) is 2.97. The van der Waals surface area contributed by atoms with Gasteiger partial charge < -0.3 is 5.48 Å². The van der Waals surface area contributed by atoms with Crippen LogP contribution in [-0.4, -0.2) is 49.1 Å². The van der Waals surface area contributed by atoms with Gasteiger partial charge in [-0.3, -0.25) is 9.80 Å². The first-order valence-electron chi connectivity index (χ1n) is 2.66. The second-order valence-corrected chi connectivity index (χ2v) is 2.30. The molecule has 1 aliphatic rings. The van der Waals surface area contributed by atoms with Crippen LogP contribution in [0.15, 0.2) is 0 Å². The second kappa shape index (κ2) is 3.02. The molecular weight excluding hydrogens is 104 g/mol. The Morgan fingerprint density at radius 3 is 1.50 bits per heavy atom. The topological polar surface area (TPSA) is 38.0 Å². The number of rotatable bonds is 0. The van der Waals surface area contributed by atoms with Crippen molar-refractivity contribution in [2.24, 2.45) is 0 Å². The monoisotopic (exact) mass is 118 g/mol. The fourth-order valence-corrected chi connectivity index (χ4v) is 0.895. The van der Waals surface area contributed by atoms with Gasteiger partial charge >= 0.3 is 0 Å². The first-order valence-corrected chi connectivity index (χ1v) is 2.66. The predicted octanol–water partition coefficient (Wildman–Crippen LogP) is -1.00. The van der Waals surface area contributed by atoms with Crippen LogP contribution in [0.5, 0.6) is 0 Å². The average molecular weight is 118 g/mol. The zero-order valence-corrected chi connectivity index (χ0v) is 5.52. The van der Waals surface area contributed by atoms with Crippen molar-refractivity contribution in [3.05, 3.63) is 0 Å². The van der Waals surface area contributed by atoms with Crippen molar-refractivity contribution in [1.82, 2.24) is 9.80 Å². The Hall–Kier alpha value is -0.120. The SMILES string of the molecule is CN1CCN(C)C1.O. The molecule has 2 N–H and O–H groups in total. The van der Waals surface area contributed by atoms with E-state index < -0.39 is 0 Å². The van der Waals surface area contributed by atoms with Gasteiger partial charge in [-0.1, -0.05) is 0 Å². The molecule has 0 amide bonds. The van der Waals surface area contributed by atoms with E-state index >= 15 is 0 Å². The van der Waals surface area contributed by atoms with Crippen molar-refractivity contribution in [3.8, 4) is 0 Å². The highest BCUT2D eigenvalue weighted by Crippen LogP contribution is 1.95. The highest BCUT2D eigenvalue weighted by molar-refractivity contribution is 4.62. The lowest BCUT2D eigenvalue weighted by atomic mass is 10.6. The van der Waals surface area contributed by atoms with Gasteiger partial charge in [0.15, 0.2) is 0 Å². The summed E-state index contributed by atoms with van der Waals surface area (Å²) in [6.07, 6.45) is 0. The van der Waals surface area contributed by atoms with Crippen LogP contribution in [0, 0.1) is 0 Å². The number of hydrogen-bond donors (Lipinski definition) is 0.